The monoisotopic (exact) mass is 768 g/mol. The quantitative estimate of drug-likeness (QED) is 0.0656. The van der Waals surface area contributed by atoms with Crippen molar-refractivity contribution in [2.75, 3.05) is 75.4 Å². The number of fused-ring (bicyclic) bond motifs is 1. The molecule has 13 nitrogen and oxygen atoms in total. The molecule has 1 unspecified atom stereocenters. The zero-order chi connectivity index (χ0) is 39.6. The van der Waals surface area contributed by atoms with E-state index in [4.69, 9.17) is 37.8 Å². The van der Waals surface area contributed by atoms with Crippen LogP contribution >= 0.6 is 0 Å². The first-order chi connectivity index (χ1) is 27.3. The second-order valence-corrected chi connectivity index (χ2v) is 13.9. The largest absolute Gasteiger partial charge is 0.493 e. The summed E-state index contributed by atoms with van der Waals surface area (Å²) in [6.07, 6.45) is 3.87. The maximum Gasteiger partial charge on any atom is 0.253 e. The SMILES string of the molecule is COc1ccc(C(CCN2CCC(C(=O)c3nc4ccccc4n3CCOCc3ccco3)CC2)CN(C)C(=O)c2cc(OC)c(OC)c(OC)c2)cc1OC. The van der Waals surface area contributed by atoms with Crippen LogP contribution in [0.4, 0.5) is 0 Å². The van der Waals surface area contributed by atoms with Gasteiger partial charge >= 0.3 is 0 Å². The van der Waals surface area contributed by atoms with E-state index in [9.17, 15) is 9.59 Å². The van der Waals surface area contributed by atoms with Gasteiger partial charge in [-0.2, -0.15) is 0 Å². The molecule has 0 radical (unpaired) electrons. The van der Waals surface area contributed by atoms with E-state index in [0.717, 1.165) is 61.3 Å². The average Bonchev–Trinajstić information content (AvgIpc) is 3.90. The fourth-order valence-electron chi connectivity index (χ4n) is 7.46. The van der Waals surface area contributed by atoms with Crippen LogP contribution in [-0.2, 0) is 17.9 Å². The molecule has 0 saturated carbocycles. The third kappa shape index (κ3) is 9.11. The van der Waals surface area contributed by atoms with E-state index in [-0.39, 0.29) is 23.5 Å². The molecule has 1 aliphatic rings. The van der Waals surface area contributed by atoms with Crippen LogP contribution in [-0.4, -0.2) is 106 Å². The average molecular weight is 769 g/mol. The fourth-order valence-corrected chi connectivity index (χ4v) is 7.46. The van der Waals surface area contributed by atoms with Gasteiger partial charge in [0.2, 0.25) is 11.5 Å². The lowest BCUT2D eigenvalue weighted by molar-refractivity contribution is 0.0778. The summed E-state index contributed by atoms with van der Waals surface area (Å²) in [6.45, 7) is 4.09. The van der Waals surface area contributed by atoms with Gasteiger partial charge in [0.1, 0.15) is 12.4 Å². The van der Waals surface area contributed by atoms with Gasteiger partial charge in [-0.1, -0.05) is 18.2 Å². The molecule has 0 spiro atoms. The van der Waals surface area contributed by atoms with Crippen LogP contribution in [0.25, 0.3) is 11.0 Å². The summed E-state index contributed by atoms with van der Waals surface area (Å²) in [4.78, 5) is 36.9. The predicted molar refractivity (Wildman–Crippen MR) is 212 cm³/mol. The molecule has 13 heteroatoms. The van der Waals surface area contributed by atoms with E-state index >= 15 is 0 Å². The molecular weight excluding hydrogens is 716 g/mol. The highest BCUT2D eigenvalue weighted by molar-refractivity contribution is 5.98. The number of nitrogens with zero attached hydrogens (tertiary/aromatic N) is 4. The van der Waals surface area contributed by atoms with Crippen molar-refractivity contribution in [2.24, 2.45) is 5.92 Å². The Morgan fingerprint density at radius 3 is 2.21 bits per heavy atom. The number of benzene rings is 3. The van der Waals surface area contributed by atoms with Crippen LogP contribution in [0.2, 0.25) is 0 Å². The molecule has 2 aromatic heterocycles. The second kappa shape index (κ2) is 18.9. The molecular formula is C43H52N4O9. The smallest absolute Gasteiger partial charge is 0.253 e. The van der Waals surface area contributed by atoms with Gasteiger partial charge in [-0.3, -0.25) is 9.59 Å². The number of para-hydroxylation sites is 2. The number of amides is 1. The van der Waals surface area contributed by atoms with Gasteiger partial charge in [-0.25, -0.2) is 4.98 Å². The minimum Gasteiger partial charge on any atom is -0.493 e. The van der Waals surface area contributed by atoms with E-state index in [2.05, 4.69) is 4.90 Å². The number of ether oxygens (including phenoxy) is 6. The Morgan fingerprint density at radius 2 is 1.55 bits per heavy atom. The maximum atomic E-state index is 14.1. The number of ketones is 1. The first-order valence-electron chi connectivity index (χ1n) is 18.9. The first-order valence-corrected chi connectivity index (χ1v) is 18.9. The summed E-state index contributed by atoms with van der Waals surface area (Å²) < 4.78 is 40.9. The van der Waals surface area contributed by atoms with Gasteiger partial charge in [0.05, 0.1) is 59.5 Å². The molecule has 1 saturated heterocycles. The van der Waals surface area contributed by atoms with Crippen molar-refractivity contribution in [1.29, 1.82) is 0 Å². The lowest BCUT2D eigenvalue weighted by Gasteiger charge is -2.33. The Kier molecular flexibility index (Phi) is 13.5. The standard InChI is InChI=1S/C43H52N4O9/c1-45(43(49)32-25-38(52-4)41(54-6)39(26-32)53-5)27-31(30-13-14-36(50-2)37(24-30)51-3)17-20-46-18-15-29(16-19-46)40(48)42-44-34-11-7-8-12-35(34)47(42)21-23-55-28-33-10-9-22-56-33/h7-14,22,24-26,29,31H,15-21,23,27-28H2,1-6H3. The molecule has 0 bridgehead atoms. The molecule has 3 heterocycles. The Morgan fingerprint density at radius 1 is 0.839 bits per heavy atom. The van der Waals surface area contributed by atoms with Crippen LogP contribution in [0.5, 0.6) is 28.7 Å². The summed E-state index contributed by atoms with van der Waals surface area (Å²) in [5, 5.41) is 0. The third-order valence-corrected chi connectivity index (χ3v) is 10.5. The Balaban J connectivity index is 1.12. The minimum atomic E-state index is -0.177. The normalized spacial score (nSPS) is 14.0. The zero-order valence-corrected chi connectivity index (χ0v) is 33.1. The predicted octanol–water partition coefficient (Wildman–Crippen LogP) is 6.73. The summed E-state index contributed by atoms with van der Waals surface area (Å²) in [7, 11) is 9.62. The van der Waals surface area contributed by atoms with Crippen LogP contribution in [0, 0.1) is 5.92 Å². The van der Waals surface area contributed by atoms with E-state index < -0.39 is 0 Å². The van der Waals surface area contributed by atoms with Gasteiger partial charge in [-0.15, -0.1) is 0 Å². The molecule has 1 fully saturated rings. The van der Waals surface area contributed by atoms with E-state index in [1.54, 1.807) is 44.6 Å². The van der Waals surface area contributed by atoms with Crippen molar-refractivity contribution < 1.29 is 42.4 Å². The van der Waals surface area contributed by atoms with Gasteiger partial charge in [0.15, 0.2) is 28.8 Å². The highest BCUT2D eigenvalue weighted by Gasteiger charge is 2.30. The number of carbonyl (C=O) groups excluding carboxylic acids is 2. The molecule has 1 atom stereocenters. The number of hydrogen-bond donors (Lipinski definition) is 0. The summed E-state index contributed by atoms with van der Waals surface area (Å²) in [6, 6.07) is 20.8. The summed E-state index contributed by atoms with van der Waals surface area (Å²) >= 11 is 0. The van der Waals surface area contributed by atoms with Gasteiger partial charge in [0, 0.05) is 37.5 Å². The van der Waals surface area contributed by atoms with Gasteiger partial charge in [-0.05, 0) is 93.0 Å². The number of imidazole rings is 1. The fraction of sp³-hybridized carbons (Fsp3) is 0.419. The molecule has 5 aromatic rings. The Labute approximate surface area is 328 Å². The highest BCUT2D eigenvalue weighted by Crippen LogP contribution is 2.39. The number of likely N-dealkylation sites (N-methyl/N-ethyl adjacent to an activating group) is 1. The van der Waals surface area contributed by atoms with Gasteiger partial charge in [0.25, 0.3) is 5.91 Å². The maximum absolute atomic E-state index is 14.1. The van der Waals surface area contributed by atoms with E-state index in [1.165, 1.54) is 21.3 Å². The van der Waals surface area contributed by atoms with E-state index in [0.29, 0.717) is 66.4 Å². The van der Waals surface area contributed by atoms with Crippen LogP contribution in [0.15, 0.2) is 77.4 Å². The number of hydrogen-bond acceptors (Lipinski definition) is 11. The third-order valence-electron chi connectivity index (χ3n) is 10.5. The van der Waals surface area contributed by atoms with Crippen LogP contribution in [0.3, 0.4) is 0 Å². The number of methoxy groups -OCH3 is 5. The first kappa shape index (κ1) is 40.1. The Hall–Kier alpha value is -5.53. The second-order valence-electron chi connectivity index (χ2n) is 13.9. The van der Waals surface area contributed by atoms with Crippen molar-refractivity contribution in [3.63, 3.8) is 0 Å². The van der Waals surface area contributed by atoms with Gasteiger partial charge < -0.3 is 47.2 Å². The number of likely N-dealkylation sites (tertiary alicyclic amines) is 1. The Bertz CT molecular complexity index is 2050. The molecule has 6 rings (SSSR count). The van der Waals surface area contributed by atoms with Crippen molar-refractivity contribution in [3.05, 3.63) is 95.7 Å². The van der Waals surface area contributed by atoms with Crippen LogP contribution < -0.4 is 23.7 Å². The zero-order valence-electron chi connectivity index (χ0n) is 33.1. The number of Topliss-reactive ketones (excluding diaryl/α,β-unsaturated/α-hetero) is 1. The minimum absolute atomic E-state index is 0.0277. The summed E-state index contributed by atoms with van der Waals surface area (Å²) in [5.74, 6) is 3.49. The van der Waals surface area contributed by atoms with Crippen molar-refractivity contribution >= 4 is 22.7 Å². The molecule has 56 heavy (non-hydrogen) atoms. The van der Waals surface area contributed by atoms with Crippen LogP contribution in [0.1, 0.15) is 57.5 Å². The molecule has 298 valence electrons. The topological polar surface area (TPSA) is 127 Å². The molecule has 0 aliphatic carbocycles. The highest BCUT2D eigenvalue weighted by atomic mass is 16.5. The lowest BCUT2D eigenvalue weighted by atomic mass is 9.90. The lowest BCUT2D eigenvalue weighted by Crippen LogP contribution is -2.39. The molecule has 1 amide bonds. The number of rotatable bonds is 19. The number of piperidine rings is 1. The number of furan rings is 1. The molecule has 0 N–H and O–H groups in total. The molecule has 1 aliphatic heterocycles. The number of aromatic nitrogens is 2. The number of carbonyl (C=O) groups is 2. The van der Waals surface area contributed by atoms with Crippen molar-refractivity contribution in [2.45, 2.75) is 38.3 Å². The van der Waals surface area contributed by atoms with Crippen molar-refractivity contribution in [1.82, 2.24) is 19.4 Å². The van der Waals surface area contributed by atoms with E-state index in [1.807, 2.05) is 59.2 Å². The molecule has 3 aromatic carbocycles. The summed E-state index contributed by atoms with van der Waals surface area (Å²) in [5.41, 5.74) is 3.18. The van der Waals surface area contributed by atoms with Crippen molar-refractivity contribution in [3.8, 4) is 28.7 Å².